The van der Waals surface area contributed by atoms with Crippen LogP contribution in [0.3, 0.4) is 0 Å². The topological polar surface area (TPSA) is 85.4 Å². The molecule has 1 aromatic heterocycles. The molecule has 0 bridgehead atoms. The largest absolute Gasteiger partial charge is 0.481 e. The van der Waals surface area contributed by atoms with Gasteiger partial charge >= 0.3 is 0 Å². The molecular formula is C18H22N2O4S. The van der Waals surface area contributed by atoms with Crippen LogP contribution in [0.5, 0.6) is 5.75 Å². The van der Waals surface area contributed by atoms with Gasteiger partial charge in [0.15, 0.2) is 6.10 Å². The Bertz CT molecular complexity index is 849. The zero-order valence-corrected chi connectivity index (χ0v) is 15.5. The average Bonchev–Trinajstić information content (AvgIpc) is 2.55. The second-order valence-corrected chi connectivity index (χ2v) is 7.77. The van der Waals surface area contributed by atoms with E-state index in [1.165, 1.54) is 37.0 Å². The molecule has 1 N–H and O–H groups in total. The summed E-state index contributed by atoms with van der Waals surface area (Å²) in [6.07, 6.45) is 1.67. The second kappa shape index (κ2) is 7.65. The normalized spacial score (nSPS) is 12.7. The highest BCUT2D eigenvalue weighted by atomic mass is 32.2. The van der Waals surface area contributed by atoms with Gasteiger partial charge in [-0.25, -0.2) is 13.1 Å². The summed E-state index contributed by atoms with van der Waals surface area (Å²) in [7, 11) is -3.96. The molecule has 25 heavy (non-hydrogen) atoms. The summed E-state index contributed by atoms with van der Waals surface area (Å²) in [5.41, 5.74) is 2.26. The molecule has 0 aliphatic heterocycles. The zero-order valence-electron chi connectivity index (χ0n) is 14.7. The lowest BCUT2D eigenvalue weighted by atomic mass is 9.98. The summed E-state index contributed by atoms with van der Waals surface area (Å²) in [4.78, 5) is 15.8. The number of nitrogens with one attached hydrogen (secondary N) is 1. The van der Waals surface area contributed by atoms with Gasteiger partial charge in [0.05, 0.1) is 0 Å². The molecule has 0 unspecified atom stereocenters. The summed E-state index contributed by atoms with van der Waals surface area (Å²) >= 11 is 0. The van der Waals surface area contributed by atoms with Crippen LogP contribution in [0.1, 0.15) is 37.8 Å². The maximum Gasteiger partial charge on any atom is 0.274 e. The molecule has 1 heterocycles. The molecule has 0 aliphatic rings. The van der Waals surface area contributed by atoms with E-state index in [2.05, 4.69) is 18.8 Å². The lowest BCUT2D eigenvalue weighted by Crippen LogP contribution is -2.40. The number of nitrogens with zero attached hydrogens (tertiary/aromatic N) is 1. The van der Waals surface area contributed by atoms with Crippen LogP contribution in [0.15, 0.2) is 47.6 Å². The summed E-state index contributed by atoms with van der Waals surface area (Å²) in [6.45, 7) is 7.67. The van der Waals surface area contributed by atoms with E-state index < -0.39 is 22.0 Å². The van der Waals surface area contributed by atoms with Gasteiger partial charge in [-0.1, -0.05) is 19.9 Å². The number of benzene rings is 1. The maximum atomic E-state index is 12.2. The number of pyridine rings is 1. The van der Waals surface area contributed by atoms with Gasteiger partial charge in [0, 0.05) is 12.4 Å². The van der Waals surface area contributed by atoms with E-state index in [1.54, 1.807) is 6.07 Å². The zero-order chi connectivity index (χ0) is 18.6. The monoisotopic (exact) mass is 362 g/mol. The van der Waals surface area contributed by atoms with Crippen LogP contribution in [-0.2, 0) is 14.8 Å². The van der Waals surface area contributed by atoms with Crippen LogP contribution in [0.2, 0.25) is 0 Å². The summed E-state index contributed by atoms with van der Waals surface area (Å²) in [5.74, 6) is 0.164. The third kappa shape index (κ3) is 4.79. The first-order chi connectivity index (χ1) is 11.7. The van der Waals surface area contributed by atoms with Crippen molar-refractivity contribution in [2.24, 2.45) is 0 Å². The lowest BCUT2D eigenvalue weighted by Gasteiger charge is -2.17. The van der Waals surface area contributed by atoms with Crippen molar-refractivity contribution in [3.63, 3.8) is 0 Å². The second-order valence-electron chi connectivity index (χ2n) is 6.09. The van der Waals surface area contributed by atoms with Crippen molar-refractivity contribution in [2.45, 2.75) is 44.6 Å². The third-order valence-electron chi connectivity index (χ3n) is 3.73. The third-order valence-corrected chi connectivity index (χ3v) is 5.06. The lowest BCUT2D eigenvalue weighted by molar-refractivity contribution is -0.125. The maximum absolute atomic E-state index is 12.2. The predicted octanol–water partition coefficient (Wildman–Crippen LogP) is 2.79. The first-order valence-corrected chi connectivity index (χ1v) is 9.43. The molecule has 134 valence electrons. The molecule has 0 fully saturated rings. The van der Waals surface area contributed by atoms with Gasteiger partial charge in [-0.15, -0.1) is 0 Å². The van der Waals surface area contributed by atoms with Gasteiger partial charge < -0.3 is 4.74 Å². The smallest absolute Gasteiger partial charge is 0.274 e. The highest BCUT2D eigenvalue weighted by Crippen LogP contribution is 2.24. The van der Waals surface area contributed by atoms with Gasteiger partial charge in [0.1, 0.15) is 10.6 Å². The molecule has 6 nitrogen and oxygen atoms in total. The Morgan fingerprint density at radius 1 is 1.20 bits per heavy atom. The number of hydrogen-bond acceptors (Lipinski definition) is 5. The van der Waals surface area contributed by atoms with Crippen molar-refractivity contribution in [2.75, 3.05) is 0 Å². The fourth-order valence-corrected chi connectivity index (χ4v) is 3.41. The number of hydrogen-bond donors (Lipinski definition) is 1. The minimum Gasteiger partial charge on any atom is -0.481 e. The molecule has 7 heteroatoms. The van der Waals surface area contributed by atoms with Gasteiger partial charge in [-0.05, 0) is 55.2 Å². The molecule has 2 aromatic rings. The van der Waals surface area contributed by atoms with E-state index in [-0.39, 0.29) is 4.90 Å². The number of amides is 1. The summed E-state index contributed by atoms with van der Waals surface area (Å²) in [5, 5.41) is 0. The number of aryl methyl sites for hydroxylation is 1. The van der Waals surface area contributed by atoms with Crippen LogP contribution in [0.4, 0.5) is 0 Å². The predicted molar refractivity (Wildman–Crippen MR) is 94.9 cm³/mol. The SMILES string of the molecule is Cc1cc(O[C@H](C)C(=O)NS(=O)(=O)c2cccnc2)ccc1C(C)C. The van der Waals surface area contributed by atoms with Crippen molar-refractivity contribution in [1.29, 1.82) is 0 Å². The van der Waals surface area contributed by atoms with Crippen molar-refractivity contribution in [3.8, 4) is 5.75 Å². The van der Waals surface area contributed by atoms with Crippen molar-refractivity contribution in [1.82, 2.24) is 9.71 Å². The van der Waals surface area contributed by atoms with E-state index in [1.807, 2.05) is 23.8 Å². The van der Waals surface area contributed by atoms with Crippen LogP contribution < -0.4 is 9.46 Å². The van der Waals surface area contributed by atoms with Gasteiger partial charge in [0.25, 0.3) is 15.9 Å². The highest BCUT2D eigenvalue weighted by Gasteiger charge is 2.23. The standard InChI is InChI=1S/C18H22N2O4S/c1-12(2)17-8-7-15(10-13(17)3)24-14(4)18(21)20-25(22,23)16-6-5-9-19-11-16/h5-12,14H,1-4H3,(H,20,21)/t14-/m1/s1. The molecule has 0 saturated heterocycles. The van der Waals surface area contributed by atoms with Crippen LogP contribution in [0.25, 0.3) is 0 Å². The number of ether oxygens (including phenoxy) is 1. The fourth-order valence-electron chi connectivity index (χ4n) is 2.41. The Hall–Kier alpha value is -2.41. The molecular weight excluding hydrogens is 340 g/mol. The molecule has 0 radical (unpaired) electrons. The van der Waals surface area contributed by atoms with Gasteiger partial charge in [-0.2, -0.15) is 0 Å². The Labute approximate surface area is 148 Å². The van der Waals surface area contributed by atoms with E-state index in [0.29, 0.717) is 11.7 Å². The molecule has 1 amide bonds. The molecule has 1 aromatic carbocycles. The quantitative estimate of drug-likeness (QED) is 0.854. The minimum absolute atomic E-state index is 0.0762. The first kappa shape index (κ1) is 18.9. The Morgan fingerprint density at radius 3 is 2.48 bits per heavy atom. The van der Waals surface area contributed by atoms with E-state index in [9.17, 15) is 13.2 Å². The molecule has 0 aliphatic carbocycles. The van der Waals surface area contributed by atoms with Crippen molar-refractivity contribution >= 4 is 15.9 Å². The summed E-state index contributed by atoms with van der Waals surface area (Å²) in [6, 6.07) is 8.42. The van der Waals surface area contributed by atoms with Gasteiger partial charge in [-0.3, -0.25) is 9.78 Å². The molecule has 2 rings (SSSR count). The van der Waals surface area contributed by atoms with Crippen molar-refractivity contribution < 1.29 is 17.9 Å². The van der Waals surface area contributed by atoms with Gasteiger partial charge in [0.2, 0.25) is 0 Å². The van der Waals surface area contributed by atoms with Crippen LogP contribution >= 0.6 is 0 Å². The number of carbonyl (C=O) groups excluding carboxylic acids is 1. The Morgan fingerprint density at radius 2 is 1.92 bits per heavy atom. The van der Waals surface area contributed by atoms with Crippen LogP contribution in [-0.4, -0.2) is 25.4 Å². The summed E-state index contributed by atoms with van der Waals surface area (Å²) < 4.78 is 31.9. The fraction of sp³-hybridized carbons (Fsp3) is 0.333. The Kier molecular flexibility index (Phi) is 5.79. The Balaban J connectivity index is 2.07. The van der Waals surface area contributed by atoms with Crippen LogP contribution in [0, 0.1) is 6.92 Å². The average molecular weight is 362 g/mol. The number of sulfonamides is 1. The van der Waals surface area contributed by atoms with E-state index >= 15 is 0 Å². The van der Waals surface area contributed by atoms with E-state index in [0.717, 1.165) is 5.56 Å². The molecule has 0 spiro atoms. The number of carbonyl (C=O) groups is 1. The first-order valence-electron chi connectivity index (χ1n) is 7.94. The van der Waals surface area contributed by atoms with E-state index in [4.69, 9.17) is 4.74 Å². The van der Waals surface area contributed by atoms with Crippen molar-refractivity contribution in [3.05, 3.63) is 53.9 Å². The molecule has 1 atom stereocenters. The number of rotatable bonds is 6. The highest BCUT2D eigenvalue weighted by molar-refractivity contribution is 7.90. The number of aromatic nitrogens is 1. The minimum atomic E-state index is -3.96. The molecule has 0 saturated carbocycles.